The third kappa shape index (κ3) is 18.9. The first kappa shape index (κ1) is 33.7. The number of likely N-dealkylation sites (N-methyl/N-ethyl adjacent to an activating group) is 8. The third-order valence-corrected chi connectivity index (χ3v) is 7.77. The lowest BCUT2D eigenvalue weighted by Crippen LogP contribution is -2.37. The summed E-state index contributed by atoms with van der Waals surface area (Å²) in [4.78, 5) is 19.7. The van der Waals surface area contributed by atoms with Gasteiger partial charge in [-0.3, -0.25) is 0 Å². The maximum absolute atomic E-state index is 2.46. The Balaban J connectivity index is 0.000000360. The van der Waals surface area contributed by atoms with E-state index in [4.69, 9.17) is 0 Å². The quantitative estimate of drug-likeness (QED) is 0.475. The largest absolute Gasteiger partial charge is 0.305 e. The van der Waals surface area contributed by atoms with Crippen molar-refractivity contribution in [3.8, 4) is 0 Å². The molecule has 0 saturated carbocycles. The van der Waals surface area contributed by atoms with Gasteiger partial charge in [-0.1, -0.05) is 0 Å². The van der Waals surface area contributed by atoms with E-state index in [9.17, 15) is 0 Å². The van der Waals surface area contributed by atoms with Crippen LogP contribution in [0.3, 0.4) is 0 Å². The molecule has 2 rings (SSSR count). The third-order valence-electron chi connectivity index (χ3n) is 7.77. The molecule has 0 aliphatic carbocycles. The molecule has 0 atom stereocenters. The van der Waals surface area contributed by atoms with Gasteiger partial charge in [-0.25, -0.2) is 0 Å². The number of nitrogens with zero attached hydrogens (tertiary/aromatic N) is 8. The van der Waals surface area contributed by atoms with Crippen LogP contribution in [-0.2, 0) is 0 Å². The molecule has 0 aromatic rings. The molecule has 2 saturated heterocycles. The summed E-state index contributed by atoms with van der Waals surface area (Å²) in [5.74, 6) is 0. The average molecular weight is 513 g/mol. The average Bonchev–Trinajstić information content (AvgIpc) is 2.83. The standard InChI is InChI=1S/2C14H32N4/c2*1-15-7-5-8-17(3)13-14-18(4)10-6-9-16(2)12-11-15/h2*5-14H2,1-4H3. The minimum absolute atomic E-state index is 1.19. The smallest absolute Gasteiger partial charge is 0.0106 e. The van der Waals surface area contributed by atoms with Crippen LogP contribution in [0.5, 0.6) is 0 Å². The van der Waals surface area contributed by atoms with Crippen LogP contribution in [0, 0.1) is 0 Å². The lowest BCUT2D eigenvalue weighted by atomic mass is 10.3. The first-order valence-corrected chi connectivity index (χ1v) is 14.6. The molecular formula is C28H64N8. The molecule has 0 N–H and O–H groups in total. The molecule has 8 nitrogen and oxygen atoms in total. The summed E-state index contributed by atoms with van der Waals surface area (Å²) in [5.41, 5.74) is 0. The van der Waals surface area contributed by atoms with Crippen LogP contribution in [0.2, 0.25) is 0 Å². The molecule has 2 aliphatic rings. The molecule has 0 aromatic carbocycles. The molecule has 0 bridgehead atoms. The van der Waals surface area contributed by atoms with Crippen LogP contribution >= 0.6 is 0 Å². The summed E-state index contributed by atoms with van der Waals surface area (Å²) in [6, 6.07) is 0. The Hall–Kier alpha value is -0.320. The molecular weight excluding hydrogens is 448 g/mol. The Labute approximate surface area is 226 Å². The maximum Gasteiger partial charge on any atom is 0.0106 e. The van der Waals surface area contributed by atoms with Gasteiger partial charge in [0.1, 0.15) is 0 Å². The zero-order valence-corrected chi connectivity index (χ0v) is 25.7. The molecule has 0 unspecified atom stereocenters. The van der Waals surface area contributed by atoms with Gasteiger partial charge in [0, 0.05) is 52.4 Å². The summed E-state index contributed by atoms with van der Waals surface area (Å²) in [6.07, 6.45) is 5.11. The van der Waals surface area contributed by atoms with Crippen LogP contribution in [0.25, 0.3) is 0 Å². The minimum atomic E-state index is 1.19. The van der Waals surface area contributed by atoms with E-state index in [2.05, 4.69) is 95.6 Å². The van der Waals surface area contributed by atoms with Gasteiger partial charge in [-0.15, -0.1) is 0 Å². The van der Waals surface area contributed by atoms with Crippen LogP contribution in [0.15, 0.2) is 0 Å². The Bertz CT molecular complexity index is 380. The topological polar surface area (TPSA) is 25.9 Å². The molecule has 216 valence electrons. The van der Waals surface area contributed by atoms with Crippen LogP contribution < -0.4 is 0 Å². The number of hydrogen-bond acceptors (Lipinski definition) is 8. The molecule has 2 aliphatic heterocycles. The van der Waals surface area contributed by atoms with E-state index in [-0.39, 0.29) is 0 Å². The highest BCUT2D eigenvalue weighted by molar-refractivity contribution is 4.65. The van der Waals surface area contributed by atoms with E-state index >= 15 is 0 Å². The lowest BCUT2D eigenvalue weighted by Gasteiger charge is -2.26. The van der Waals surface area contributed by atoms with E-state index in [0.29, 0.717) is 0 Å². The molecule has 0 aromatic heterocycles. The SMILES string of the molecule is CN1CCCN(C)CCN(C)CCCN(C)CC1.CN1CCCN(C)CCN(C)CCCN(C)CC1. The first-order chi connectivity index (χ1) is 17.2. The van der Waals surface area contributed by atoms with E-state index in [1.807, 2.05) is 0 Å². The summed E-state index contributed by atoms with van der Waals surface area (Å²) >= 11 is 0. The number of rotatable bonds is 0. The minimum Gasteiger partial charge on any atom is -0.305 e. The van der Waals surface area contributed by atoms with Crippen molar-refractivity contribution in [2.45, 2.75) is 25.7 Å². The Kier molecular flexibility index (Phi) is 19.3. The van der Waals surface area contributed by atoms with E-state index < -0.39 is 0 Å². The Morgan fingerprint density at radius 3 is 0.417 bits per heavy atom. The summed E-state index contributed by atoms with van der Waals surface area (Å²) in [7, 11) is 17.9. The van der Waals surface area contributed by atoms with E-state index in [1.165, 1.54) is 130 Å². The van der Waals surface area contributed by atoms with Crippen molar-refractivity contribution in [3.05, 3.63) is 0 Å². The van der Waals surface area contributed by atoms with Crippen molar-refractivity contribution >= 4 is 0 Å². The summed E-state index contributed by atoms with van der Waals surface area (Å²) in [6.45, 7) is 19.3. The van der Waals surface area contributed by atoms with Gasteiger partial charge in [0.15, 0.2) is 0 Å². The molecule has 36 heavy (non-hydrogen) atoms. The van der Waals surface area contributed by atoms with E-state index in [1.54, 1.807) is 0 Å². The highest BCUT2D eigenvalue weighted by Crippen LogP contribution is 1.99. The maximum atomic E-state index is 2.46. The Morgan fingerprint density at radius 1 is 0.194 bits per heavy atom. The van der Waals surface area contributed by atoms with Gasteiger partial charge in [0.05, 0.1) is 0 Å². The summed E-state index contributed by atoms with van der Waals surface area (Å²) in [5, 5.41) is 0. The monoisotopic (exact) mass is 513 g/mol. The second-order valence-corrected chi connectivity index (χ2v) is 11.8. The zero-order chi connectivity index (χ0) is 26.8. The first-order valence-electron chi connectivity index (χ1n) is 14.6. The molecule has 0 radical (unpaired) electrons. The molecule has 8 heteroatoms. The van der Waals surface area contributed by atoms with Crippen molar-refractivity contribution in [2.24, 2.45) is 0 Å². The van der Waals surface area contributed by atoms with Crippen molar-refractivity contribution in [1.82, 2.24) is 39.2 Å². The predicted octanol–water partition coefficient (Wildman–Crippen LogP) is 1.01. The molecule has 2 heterocycles. The molecule has 0 amide bonds. The second kappa shape index (κ2) is 20.6. The highest BCUT2D eigenvalue weighted by atomic mass is 15.2. The van der Waals surface area contributed by atoms with Gasteiger partial charge in [-0.2, -0.15) is 0 Å². The predicted molar refractivity (Wildman–Crippen MR) is 158 cm³/mol. The lowest BCUT2D eigenvalue weighted by molar-refractivity contribution is 0.206. The molecule has 2 fully saturated rings. The van der Waals surface area contributed by atoms with Crippen molar-refractivity contribution in [2.75, 3.05) is 161 Å². The van der Waals surface area contributed by atoms with Crippen molar-refractivity contribution in [3.63, 3.8) is 0 Å². The van der Waals surface area contributed by atoms with Gasteiger partial charge >= 0.3 is 0 Å². The fraction of sp³-hybridized carbons (Fsp3) is 1.00. The van der Waals surface area contributed by atoms with E-state index in [0.717, 1.165) is 0 Å². The van der Waals surface area contributed by atoms with Gasteiger partial charge in [0.25, 0.3) is 0 Å². The van der Waals surface area contributed by atoms with Gasteiger partial charge < -0.3 is 39.2 Å². The fourth-order valence-corrected chi connectivity index (χ4v) is 4.70. The van der Waals surface area contributed by atoms with Gasteiger partial charge in [0.2, 0.25) is 0 Å². The zero-order valence-electron chi connectivity index (χ0n) is 25.7. The van der Waals surface area contributed by atoms with Crippen LogP contribution in [-0.4, -0.2) is 200 Å². The fourth-order valence-electron chi connectivity index (χ4n) is 4.70. The normalized spacial score (nSPS) is 26.0. The highest BCUT2D eigenvalue weighted by Gasteiger charge is 2.08. The van der Waals surface area contributed by atoms with Crippen molar-refractivity contribution in [1.29, 1.82) is 0 Å². The second-order valence-electron chi connectivity index (χ2n) is 11.8. The van der Waals surface area contributed by atoms with Crippen LogP contribution in [0.1, 0.15) is 25.7 Å². The number of hydrogen-bond donors (Lipinski definition) is 0. The molecule has 0 spiro atoms. The Morgan fingerprint density at radius 2 is 0.306 bits per heavy atom. The van der Waals surface area contributed by atoms with Gasteiger partial charge in [-0.05, 0) is 134 Å². The summed E-state index contributed by atoms with van der Waals surface area (Å²) < 4.78 is 0. The van der Waals surface area contributed by atoms with Crippen molar-refractivity contribution < 1.29 is 0 Å². The van der Waals surface area contributed by atoms with Crippen LogP contribution in [0.4, 0.5) is 0 Å².